The summed E-state index contributed by atoms with van der Waals surface area (Å²) in [7, 11) is 0. The van der Waals surface area contributed by atoms with Crippen molar-refractivity contribution >= 4 is 21.7 Å². The van der Waals surface area contributed by atoms with E-state index < -0.39 is 5.41 Å². The fraction of sp³-hybridized carbons (Fsp3) is 0.438. The quantitative estimate of drug-likeness (QED) is 0.630. The minimum atomic E-state index is -0.535. The summed E-state index contributed by atoms with van der Waals surface area (Å²) in [5.74, 6) is 0.0721. The Balaban J connectivity index is 2.90. The minimum Gasteiger partial charge on any atom is -0.512 e. The number of ketones is 1. The molecule has 0 aliphatic rings. The van der Waals surface area contributed by atoms with Gasteiger partial charge < -0.3 is 5.11 Å². The Bertz CT molecular complexity index is 487. The number of aliphatic hydroxyl groups excluding tert-OH is 1. The maximum absolute atomic E-state index is 12.2. The fourth-order valence-electron chi connectivity index (χ4n) is 1.70. The Hall–Kier alpha value is -1.09. The molecule has 1 aromatic rings. The number of allylic oxidation sites excluding steroid dienone is 2. The summed E-state index contributed by atoms with van der Waals surface area (Å²) in [6, 6.07) is 7.89. The number of hydrogen-bond donors (Lipinski definition) is 1. The van der Waals surface area contributed by atoms with Crippen molar-refractivity contribution in [1.29, 1.82) is 0 Å². The lowest BCUT2D eigenvalue weighted by atomic mass is 9.81. The van der Waals surface area contributed by atoms with Gasteiger partial charge in [0.1, 0.15) is 0 Å². The van der Waals surface area contributed by atoms with Crippen molar-refractivity contribution in [1.82, 2.24) is 0 Å². The van der Waals surface area contributed by atoms with Gasteiger partial charge in [-0.05, 0) is 18.1 Å². The van der Waals surface area contributed by atoms with E-state index >= 15 is 0 Å². The van der Waals surface area contributed by atoms with Crippen LogP contribution in [0.25, 0.3) is 0 Å². The van der Waals surface area contributed by atoms with Crippen molar-refractivity contribution in [2.24, 2.45) is 11.3 Å². The zero-order valence-electron chi connectivity index (χ0n) is 11.9. The molecule has 0 saturated carbocycles. The molecule has 0 radical (unpaired) electrons. The highest BCUT2D eigenvalue weighted by Crippen LogP contribution is 2.28. The number of aliphatic hydroxyl groups is 1. The van der Waals surface area contributed by atoms with Crippen LogP contribution in [0.3, 0.4) is 0 Å². The maximum atomic E-state index is 12.2. The van der Waals surface area contributed by atoms with Gasteiger partial charge in [-0.15, -0.1) is 0 Å². The summed E-state index contributed by atoms with van der Waals surface area (Å²) in [6.45, 7) is 7.53. The first-order chi connectivity index (χ1) is 8.74. The third kappa shape index (κ3) is 4.50. The smallest absolute Gasteiger partial charge is 0.164 e. The standard InChI is InChI=1S/C16H21BrO2/c1-11(2)14(18)9-15(19)16(3,4)10-12-7-5-6-8-13(12)17/h5-9,11,18H,10H2,1-4H3/b14-9-. The van der Waals surface area contributed by atoms with E-state index in [0.717, 1.165) is 10.0 Å². The molecule has 0 bridgehead atoms. The second kappa shape index (κ2) is 6.38. The van der Waals surface area contributed by atoms with Crippen LogP contribution in [0.15, 0.2) is 40.6 Å². The van der Waals surface area contributed by atoms with Gasteiger partial charge in [-0.2, -0.15) is 0 Å². The third-order valence-electron chi connectivity index (χ3n) is 3.13. The van der Waals surface area contributed by atoms with E-state index in [1.807, 2.05) is 52.0 Å². The SMILES string of the molecule is CC(C)/C(O)=C/C(=O)C(C)(C)Cc1ccccc1Br. The van der Waals surface area contributed by atoms with Crippen LogP contribution in [-0.4, -0.2) is 10.9 Å². The number of carbonyl (C=O) groups is 1. The molecule has 0 amide bonds. The van der Waals surface area contributed by atoms with Crippen LogP contribution >= 0.6 is 15.9 Å². The first-order valence-electron chi connectivity index (χ1n) is 6.42. The summed E-state index contributed by atoms with van der Waals surface area (Å²) in [5.41, 5.74) is 0.561. The average molecular weight is 325 g/mol. The summed E-state index contributed by atoms with van der Waals surface area (Å²) in [5, 5.41) is 9.71. The van der Waals surface area contributed by atoms with Crippen LogP contribution < -0.4 is 0 Å². The largest absolute Gasteiger partial charge is 0.512 e. The third-order valence-corrected chi connectivity index (χ3v) is 3.90. The number of rotatable bonds is 5. The van der Waals surface area contributed by atoms with Crippen molar-refractivity contribution in [3.05, 3.63) is 46.1 Å². The molecule has 2 nitrogen and oxygen atoms in total. The van der Waals surface area contributed by atoms with Gasteiger partial charge in [0.05, 0.1) is 5.76 Å². The van der Waals surface area contributed by atoms with Crippen LogP contribution in [0.5, 0.6) is 0 Å². The van der Waals surface area contributed by atoms with E-state index in [-0.39, 0.29) is 17.5 Å². The van der Waals surface area contributed by atoms with E-state index in [1.54, 1.807) is 0 Å². The molecular weight excluding hydrogens is 304 g/mol. The van der Waals surface area contributed by atoms with Gasteiger partial charge in [0, 0.05) is 21.9 Å². The van der Waals surface area contributed by atoms with Gasteiger partial charge in [0.2, 0.25) is 0 Å². The predicted octanol–water partition coefficient (Wildman–Crippen LogP) is 4.68. The molecule has 3 heteroatoms. The monoisotopic (exact) mass is 324 g/mol. The van der Waals surface area contributed by atoms with Crippen molar-refractivity contribution in [3.63, 3.8) is 0 Å². The van der Waals surface area contributed by atoms with Crippen molar-refractivity contribution < 1.29 is 9.90 Å². The Morgan fingerprint density at radius 2 is 1.95 bits per heavy atom. The van der Waals surface area contributed by atoms with E-state index in [2.05, 4.69) is 15.9 Å². The van der Waals surface area contributed by atoms with Crippen LogP contribution in [0, 0.1) is 11.3 Å². The summed E-state index contributed by atoms with van der Waals surface area (Å²) >= 11 is 3.50. The van der Waals surface area contributed by atoms with Gasteiger partial charge in [-0.1, -0.05) is 61.8 Å². The van der Waals surface area contributed by atoms with Crippen molar-refractivity contribution in [2.45, 2.75) is 34.1 Å². The Kier molecular flexibility index (Phi) is 5.36. The zero-order valence-corrected chi connectivity index (χ0v) is 13.5. The van der Waals surface area contributed by atoms with Gasteiger partial charge in [-0.3, -0.25) is 4.79 Å². The second-order valence-corrected chi connectivity index (χ2v) is 6.59. The van der Waals surface area contributed by atoms with E-state index in [0.29, 0.717) is 6.42 Å². The number of hydrogen-bond acceptors (Lipinski definition) is 2. The average Bonchev–Trinajstić information content (AvgIpc) is 2.31. The Morgan fingerprint density at radius 1 is 1.37 bits per heavy atom. The summed E-state index contributed by atoms with van der Waals surface area (Å²) < 4.78 is 1.01. The highest BCUT2D eigenvalue weighted by molar-refractivity contribution is 9.10. The number of halogens is 1. The van der Waals surface area contributed by atoms with Gasteiger partial charge in [0.15, 0.2) is 5.78 Å². The van der Waals surface area contributed by atoms with Crippen molar-refractivity contribution in [2.75, 3.05) is 0 Å². The van der Waals surface area contributed by atoms with Crippen molar-refractivity contribution in [3.8, 4) is 0 Å². The van der Waals surface area contributed by atoms with Gasteiger partial charge in [0.25, 0.3) is 0 Å². The summed E-state index contributed by atoms with van der Waals surface area (Å²) in [6.07, 6.45) is 2.00. The highest BCUT2D eigenvalue weighted by Gasteiger charge is 2.27. The number of carbonyl (C=O) groups excluding carboxylic acids is 1. The Labute approximate surface area is 123 Å². The van der Waals surface area contributed by atoms with Crippen LogP contribution in [0.4, 0.5) is 0 Å². The zero-order chi connectivity index (χ0) is 14.6. The van der Waals surface area contributed by atoms with Gasteiger partial charge in [-0.25, -0.2) is 0 Å². The molecule has 0 fully saturated rings. The molecule has 0 saturated heterocycles. The maximum Gasteiger partial charge on any atom is 0.164 e. The molecule has 0 aromatic heterocycles. The molecule has 1 N–H and O–H groups in total. The van der Waals surface area contributed by atoms with Crippen LogP contribution in [-0.2, 0) is 11.2 Å². The normalized spacial score (nSPS) is 12.8. The first-order valence-corrected chi connectivity index (χ1v) is 7.21. The molecule has 1 aromatic carbocycles. The summed E-state index contributed by atoms with van der Waals surface area (Å²) in [4.78, 5) is 12.2. The molecule has 0 aliphatic heterocycles. The highest BCUT2D eigenvalue weighted by atomic mass is 79.9. The van der Waals surface area contributed by atoms with Crippen LogP contribution in [0.1, 0.15) is 33.3 Å². The molecule has 0 heterocycles. The lowest BCUT2D eigenvalue weighted by Gasteiger charge is -2.22. The van der Waals surface area contributed by atoms with E-state index in [4.69, 9.17) is 0 Å². The van der Waals surface area contributed by atoms with E-state index in [9.17, 15) is 9.90 Å². The Morgan fingerprint density at radius 3 is 2.47 bits per heavy atom. The van der Waals surface area contributed by atoms with E-state index in [1.165, 1.54) is 6.08 Å². The number of benzene rings is 1. The molecule has 19 heavy (non-hydrogen) atoms. The molecule has 0 atom stereocenters. The van der Waals surface area contributed by atoms with Crippen LogP contribution in [0.2, 0.25) is 0 Å². The molecular formula is C16H21BrO2. The first kappa shape index (κ1) is 16.0. The molecule has 1 rings (SSSR count). The minimum absolute atomic E-state index is 0.0248. The molecule has 0 aliphatic carbocycles. The molecule has 0 spiro atoms. The lowest BCUT2D eigenvalue weighted by Crippen LogP contribution is -2.26. The predicted molar refractivity (Wildman–Crippen MR) is 82.2 cm³/mol. The topological polar surface area (TPSA) is 37.3 Å². The fourth-order valence-corrected chi connectivity index (χ4v) is 2.13. The molecule has 0 unspecified atom stereocenters. The lowest BCUT2D eigenvalue weighted by molar-refractivity contribution is -0.122. The molecule has 104 valence electrons. The second-order valence-electron chi connectivity index (χ2n) is 5.74. The van der Waals surface area contributed by atoms with Gasteiger partial charge >= 0.3 is 0 Å².